The van der Waals surface area contributed by atoms with Crippen LogP contribution in [0.2, 0.25) is 0 Å². The Morgan fingerprint density at radius 2 is 1.73 bits per heavy atom. The largest absolute Gasteiger partial charge is 0.508 e. The van der Waals surface area contributed by atoms with E-state index in [1.54, 1.807) is 25.1 Å². The summed E-state index contributed by atoms with van der Waals surface area (Å²) in [5.74, 6) is -1.69. The van der Waals surface area contributed by atoms with Crippen molar-refractivity contribution in [1.82, 2.24) is 4.90 Å². The highest BCUT2D eigenvalue weighted by molar-refractivity contribution is 6.24. The van der Waals surface area contributed by atoms with Crippen molar-refractivity contribution in [1.29, 1.82) is 0 Å². The van der Waals surface area contributed by atoms with Crippen LogP contribution in [0.1, 0.15) is 28.7 Å². The lowest BCUT2D eigenvalue weighted by molar-refractivity contribution is -0.384. The molecule has 0 saturated heterocycles. The first-order valence-electron chi connectivity index (χ1n) is 13.6. The van der Waals surface area contributed by atoms with Gasteiger partial charge in [-0.3, -0.25) is 29.4 Å². The van der Waals surface area contributed by atoms with E-state index < -0.39 is 68.7 Å². The molecule has 228 valence electrons. The summed E-state index contributed by atoms with van der Waals surface area (Å²) in [4.78, 5) is 53.1. The molecule has 0 unspecified atom stereocenters. The number of primary amides is 1. The Morgan fingerprint density at radius 3 is 2.27 bits per heavy atom. The van der Waals surface area contributed by atoms with Gasteiger partial charge in [0.05, 0.1) is 22.1 Å². The molecule has 3 aliphatic carbocycles. The fourth-order valence-electron chi connectivity index (χ4n) is 6.59. The molecule has 44 heavy (non-hydrogen) atoms. The van der Waals surface area contributed by atoms with Gasteiger partial charge in [0, 0.05) is 49.0 Å². The van der Waals surface area contributed by atoms with E-state index in [1.165, 1.54) is 43.3 Å². The van der Waals surface area contributed by atoms with Gasteiger partial charge in [0.25, 0.3) is 11.6 Å². The van der Waals surface area contributed by atoms with Gasteiger partial charge in [-0.1, -0.05) is 11.8 Å². The number of carbonyl (C=O) groups is 3. The number of benzene rings is 2. The number of hydrogen-bond acceptors (Lipinski definition) is 11. The predicted octanol–water partition coefficient (Wildman–Crippen LogP) is 1.34. The van der Waals surface area contributed by atoms with Gasteiger partial charge < -0.3 is 31.1 Å². The van der Waals surface area contributed by atoms with Crippen LogP contribution in [0.5, 0.6) is 5.75 Å². The quantitative estimate of drug-likeness (QED) is 0.146. The zero-order valence-corrected chi connectivity index (χ0v) is 24.3. The van der Waals surface area contributed by atoms with Gasteiger partial charge in [-0.2, -0.15) is 0 Å². The molecule has 3 aliphatic rings. The van der Waals surface area contributed by atoms with Crippen molar-refractivity contribution in [3.63, 3.8) is 0 Å². The van der Waals surface area contributed by atoms with Crippen LogP contribution in [-0.4, -0.2) is 87.6 Å². The third-order valence-corrected chi connectivity index (χ3v) is 8.60. The number of rotatable bonds is 4. The van der Waals surface area contributed by atoms with Crippen molar-refractivity contribution >= 4 is 34.6 Å². The second kappa shape index (κ2) is 10.5. The molecule has 6 N–H and O–H groups in total. The maximum Gasteiger partial charge on any atom is 0.269 e. The van der Waals surface area contributed by atoms with E-state index in [1.807, 2.05) is 0 Å². The summed E-state index contributed by atoms with van der Waals surface area (Å²) in [6.45, 7) is 0. The standard InChI is InChI=1S/C31H30N4O9/c1-33(2)20-13-15(8-5-14-6-9-17(10-7-14)35(43)44)25(36)22-18(20)11-16-12-19-24(34(3)4)27(38)23(30(32)41)29(40)31(19,42)28(39)21(16)26(22)37/h6-7,9-10,13,16,19,24,36-37,40,42H,11-12H2,1-4H3,(H2,32,41)/t16-,19-,24-,31-/m1/s1. The molecule has 0 heterocycles. The summed E-state index contributed by atoms with van der Waals surface area (Å²) in [6, 6.07) is 5.92. The van der Waals surface area contributed by atoms with Crippen molar-refractivity contribution in [2.45, 2.75) is 24.5 Å². The number of nitro benzene ring substituents is 1. The molecule has 2 aromatic carbocycles. The van der Waals surface area contributed by atoms with Crippen LogP contribution in [0, 0.1) is 33.8 Å². The first-order valence-corrected chi connectivity index (χ1v) is 13.6. The number of non-ortho nitro benzene ring substituents is 1. The van der Waals surface area contributed by atoms with Crippen molar-refractivity contribution in [3.8, 4) is 17.6 Å². The second-order valence-electron chi connectivity index (χ2n) is 11.6. The van der Waals surface area contributed by atoms with Crippen molar-refractivity contribution in [2.24, 2.45) is 17.6 Å². The van der Waals surface area contributed by atoms with Crippen LogP contribution < -0.4 is 10.6 Å². The highest BCUT2D eigenvalue weighted by Gasteiger charge is 2.64. The predicted molar refractivity (Wildman–Crippen MR) is 158 cm³/mol. The number of likely N-dealkylation sites (N-methyl/N-ethyl adjacent to an activating group) is 1. The van der Waals surface area contributed by atoms with Gasteiger partial charge in [0.1, 0.15) is 22.8 Å². The zero-order chi connectivity index (χ0) is 32.4. The van der Waals surface area contributed by atoms with E-state index in [0.29, 0.717) is 16.8 Å². The summed E-state index contributed by atoms with van der Waals surface area (Å²) in [5.41, 5.74) is 2.88. The van der Waals surface area contributed by atoms with Gasteiger partial charge in [-0.05, 0) is 56.6 Å². The Morgan fingerprint density at radius 1 is 1.09 bits per heavy atom. The maximum atomic E-state index is 14.1. The average Bonchev–Trinajstić information content (AvgIpc) is 2.94. The highest BCUT2D eigenvalue weighted by Crippen LogP contribution is 2.54. The number of nitro groups is 1. The van der Waals surface area contributed by atoms with Crippen molar-refractivity contribution < 1.29 is 39.7 Å². The number of aliphatic hydroxyl groups excluding tert-OH is 2. The van der Waals surface area contributed by atoms with Gasteiger partial charge in [-0.25, -0.2) is 0 Å². The number of nitrogens with zero attached hydrogens (tertiary/aromatic N) is 3. The number of ketones is 2. The number of nitrogens with two attached hydrogens (primary N) is 1. The minimum atomic E-state index is -2.74. The van der Waals surface area contributed by atoms with Crippen LogP contribution >= 0.6 is 0 Å². The van der Waals surface area contributed by atoms with Crippen LogP contribution in [0.25, 0.3) is 5.76 Å². The van der Waals surface area contributed by atoms with Gasteiger partial charge in [0.2, 0.25) is 5.78 Å². The molecular formula is C31H30N4O9. The first-order chi connectivity index (χ1) is 20.6. The summed E-state index contributed by atoms with van der Waals surface area (Å²) in [6.07, 6.45) is 0.104. The van der Waals surface area contributed by atoms with Gasteiger partial charge in [0.15, 0.2) is 11.4 Å². The lowest BCUT2D eigenvalue weighted by Crippen LogP contribution is -2.65. The first kappa shape index (κ1) is 30.3. The third-order valence-electron chi connectivity index (χ3n) is 8.60. The van der Waals surface area contributed by atoms with Gasteiger partial charge >= 0.3 is 0 Å². The smallest absolute Gasteiger partial charge is 0.269 e. The molecule has 0 aliphatic heterocycles. The average molecular weight is 603 g/mol. The van der Waals surface area contributed by atoms with E-state index >= 15 is 0 Å². The SMILES string of the molecule is CN(C)c1cc(C#Cc2ccc([N+](=O)[O-])cc2)c(O)c2c1C[C@@H]1C[C@@H]3[C@@H](N(C)C)C(=O)C(C(N)=O)=C(O)[C@]3(O)C(=O)C1=C2O. The molecule has 0 spiro atoms. The minimum absolute atomic E-state index is 0.0267. The summed E-state index contributed by atoms with van der Waals surface area (Å²) in [7, 11) is 6.57. The number of aliphatic hydroxyl groups is 3. The normalized spacial score (nSPS) is 24.3. The molecule has 1 fully saturated rings. The molecule has 0 aromatic heterocycles. The molecule has 13 nitrogen and oxygen atoms in total. The second-order valence-corrected chi connectivity index (χ2v) is 11.6. The fraction of sp³-hybridized carbons (Fsp3) is 0.323. The molecular weight excluding hydrogens is 572 g/mol. The third kappa shape index (κ3) is 4.38. The Kier molecular flexibility index (Phi) is 7.23. The number of aromatic hydroxyl groups is 1. The minimum Gasteiger partial charge on any atom is -0.508 e. The molecule has 1 saturated carbocycles. The topological polar surface area (TPSA) is 208 Å². The summed E-state index contributed by atoms with van der Waals surface area (Å²) >= 11 is 0. The monoisotopic (exact) mass is 602 g/mol. The maximum absolute atomic E-state index is 14.1. The molecule has 1 amide bonds. The van der Waals surface area contributed by atoms with Crippen LogP contribution in [0.3, 0.4) is 0 Å². The molecule has 4 atom stereocenters. The summed E-state index contributed by atoms with van der Waals surface area (Å²) < 4.78 is 0. The molecule has 0 bridgehead atoms. The Labute approximate surface area is 251 Å². The lowest BCUT2D eigenvalue weighted by atomic mass is 9.57. The highest BCUT2D eigenvalue weighted by atomic mass is 16.6. The molecule has 2 aromatic rings. The Balaban J connectivity index is 1.69. The van der Waals surface area contributed by atoms with E-state index in [9.17, 15) is 44.9 Å². The van der Waals surface area contributed by atoms with E-state index in [0.717, 1.165) is 0 Å². The van der Waals surface area contributed by atoms with E-state index in [-0.39, 0.29) is 35.2 Å². The number of hydrogen-bond donors (Lipinski definition) is 5. The Hall–Kier alpha value is -5.19. The van der Waals surface area contributed by atoms with E-state index in [4.69, 9.17) is 5.73 Å². The number of phenolic OH excluding ortho intramolecular Hbond substituents is 1. The number of anilines is 1. The number of fused-ring (bicyclic) bond motifs is 3. The fourth-order valence-corrected chi connectivity index (χ4v) is 6.59. The number of carbonyl (C=O) groups excluding carboxylic acids is 3. The van der Waals surface area contributed by atoms with Crippen molar-refractivity contribution in [3.05, 3.63) is 79.6 Å². The molecule has 13 heteroatoms. The van der Waals surface area contributed by atoms with E-state index in [2.05, 4.69) is 11.8 Å². The van der Waals surface area contributed by atoms with Crippen LogP contribution in [-0.2, 0) is 20.8 Å². The summed E-state index contributed by atoms with van der Waals surface area (Å²) in [5, 5.41) is 56.7. The number of Topliss-reactive ketones (excluding diaryl/α,β-unsaturated/α-hetero) is 2. The number of phenols is 1. The number of amides is 1. The Bertz CT molecular complexity index is 1780. The van der Waals surface area contributed by atoms with Crippen LogP contribution in [0.15, 0.2) is 47.2 Å². The zero-order valence-electron chi connectivity index (χ0n) is 24.3. The molecule has 0 radical (unpaired) electrons. The van der Waals surface area contributed by atoms with Crippen LogP contribution in [0.4, 0.5) is 11.4 Å². The van der Waals surface area contributed by atoms with Crippen molar-refractivity contribution in [2.75, 3.05) is 33.1 Å². The lowest BCUT2D eigenvalue weighted by Gasteiger charge is -2.50. The molecule has 5 rings (SSSR count). The van der Waals surface area contributed by atoms with Gasteiger partial charge in [-0.15, -0.1) is 0 Å².